The molecule has 0 amide bonds. The summed E-state index contributed by atoms with van der Waals surface area (Å²) >= 11 is 1.70. The van der Waals surface area contributed by atoms with Gasteiger partial charge in [0, 0.05) is 42.8 Å². The zero-order valence-electron chi connectivity index (χ0n) is 16.4. The van der Waals surface area contributed by atoms with Gasteiger partial charge in [0.25, 0.3) is 0 Å². The molecule has 0 radical (unpaired) electrons. The molecule has 6 nitrogen and oxygen atoms in total. The molecule has 1 fully saturated rings. The number of aryl methyl sites for hydroxylation is 1. The molecule has 2 heterocycles. The number of nitrogens with one attached hydrogen (secondary N) is 2. The first-order valence-corrected chi connectivity index (χ1v) is 9.96. The van der Waals surface area contributed by atoms with Crippen molar-refractivity contribution < 1.29 is 4.74 Å². The highest BCUT2D eigenvalue weighted by Crippen LogP contribution is 2.20. The Balaban J connectivity index is 1.94. The van der Waals surface area contributed by atoms with Gasteiger partial charge in [-0.2, -0.15) is 0 Å². The third kappa shape index (κ3) is 6.24. The largest absolute Gasteiger partial charge is 0.373 e. The molecular weight excluding hydrogens is 334 g/mol. The van der Waals surface area contributed by atoms with E-state index in [2.05, 4.69) is 67.1 Å². The zero-order chi connectivity index (χ0) is 18.4. The van der Waals surface area contributed by atoms with Gasteiger partial charge in [-0.1, -0.05) is 0 Å². The number of aromatic nitrogens is 1. The van der Waals surface area contributed by atoms with E-state index in [0.717, 1.165) is 37.1 Å². The summed E-state index contributed by atoms with van der Waals surface area (Å²) in [6, 6.07) is 0. The maximum absolute atomic E-state index is 5.86. The topological polar surface area (TPSA) is 61.8 Å². The van der Waals surface area contributed by atoms with Crippen molar-refractivity contribution in [1.29, 1.82) is 0 Å². The SMILES string of the molecule is CCNC(=NCc1ncc(C)s1)NCC(C)(C)N1CC(C)OC(C)C1. The molecule has 25 heavy (non-hydrogen) atoms. The number of rotatable bonds is 6. The minimum absolute atomic E-state index is 0.0280. The summed E-state index contributed by atoms with van der Waals surface area (Å²) in [5.74, 6) is 0.845. The van der Waals surface area contributed by atoms with E-state index in [0.29, 0.717) is 6.54 Å². The van der Waals surface area contributed by atoms with Gasteiger partial charge in [0.1, 0.15) is 5.01 Å². The first kappa shape index (κ1) is 20.1. The van der Waals surface area contributed by atoms with Crippen molar-refractivity contribution in [3.8, 4) is 0 Å². The van der Waals surface area contributed by atoms with Crippen LogP contribution in [0.25, 0.3) is 0 Å². The summed E-state index contributed by atoms with van der Waals surface area (Å²) in [5.41, 5.74) is 0.0280. The third-order valence-electron chi connectivity index (χ3n) is 4.35. The molecule has 1 aliphatic heterocycles. The van der Waals surface area contributed by atoms with E-state index in [1.54, 1.807) is 11.3 Å². The van der Waals surface area contributed by atoms with Crippen molar-refractivity contribution >= 4 is 17.3 Å². The Labute approximate surface area is 156 Å². The fourth-order valence-electron chi connectivity index (χ4n) is 3.05. The molecule has 2 unspecified atom stereocenters. The maximum Gasteiger partial charge on any atom is 0.191 e. The number of ether oxygens (including phenoxy) is 1. The number of morpholine rings is 1. The van der Waals surface area contributed by atoms with E-state index in [1.807, 2.05) is 6.20 Å². The highest BCUT2D eigenvalue weighted by Gasteiger charge is 2.33. The highest BCUT2D eigenvalue weighted by molar-refractivity contribution is 7.11. The molecular formula is C18H33N5OS. The molecule has 2 N–H and O–H groups in total. The molecule has 2 atom stereocenters. The molecule has 7 heteroatoms. The van der Waals surface area contributed by atoms with Gasteiger partial charge in [-0.05, 0) is 41.5 Å². The van der Waals surface area contributed by atoms with Crippen LogP contribution in [-0.4, -0.2) is 59.8 Å². The van der Waals surface area contributed by atoms with Crippen molar-refractivity contribution in [2.24, 2.45) is 4.99 Å². The molecule has 142 valence electrons. The van der Waals surface area contributed by atoms with Crippen molar-refractivity contribution in [2.75, 3.05) is 26.2 Å². The molecule has 2 rings (SSSR count). The van der Waals surface area contributed by atoms with E-state index >= 15 is 0 Å². The lowest BCUT2D eigenvalue weighted by atomic mass is 10.00. The fourth-order valence-corrected chi connectivity index (χ4v) is 3.76. The van der Waals surface area contributed by atoms with Crippen LogP contribution in [0.5, 0.6) is 0 Å². The third-order valence-corrected chi connectivity index (χ3v) is 5.25. The molecule has 1 aromatic rings. The van der Waals surface area contributed by atoms with Crippen molar-refractivity contribution in [3.63, 3.8) is 0 Å². The number of hydrogen-bond donors (Lipinski definition) is 2. The average molecular weight is 368 g/mol. The molecule has 1 aromatic heterocycles. The molecule has 0 spiro atoms. The summed E-state index contributed by atoms with van der Waals surface area (Å²) in [5, 5.41) is 7.87. The van der Waals surface area contributed by atoms with Crippen molar-refractivity contribution in [2.45, 2.75) is 65.8 Å². The number of aliphatic imine (C=N–C) groups is 1. The van der Waals surface area contributed by atoms with Crippen LogP contribution < -0.4 is 10.6 Å². The van der Waals surface area contributed by atoms with Gasteiger partial charge in [0.2, 0.25) is 0 Å². The van der Waals surface area contributed by atoms with E-state index in [-0.39, 0.29) is 17.7 Å². The first-order chi connectivity index (χ1) is 11.8. The molecule has 0 bridgehead atoms. The second kappa shape index (κ2) is 8.96. The van der Waals surface area contributed by atoms with Crippen LogP contribution >= 0.6 is 11.3 Å². The summed E-state index contributed by atoms with van der Waals surface area (Å²) in [7, 11) is 0. The normalized spacial score (nSPS) is 22.9. The van der Waals surface area contributed by atoms with E-state index < -0.39 is 0 Å². The highest BCUT2D eigenvalue weighted by atomic mass is 32.1. The average Bonchev–Trinajstić information content (AvgIpc) is 2.95. The van der Waals surface area contributed by atoms with Gasteiger partial charge in [-0.15, -0.1) is 11.3 Å². The van der Waals surface area contributed by atoms with Crippen LogP contribution in [0.3, 0.4) is 0 Å². The maximum atomic E-state index is 5.86. The van der Waals surface area contributed by atoms with Crippen LogP contribution in [0.2, 0.25) is 0 Å². The summed E-state index contributed by atoms with van der Waals surface area (Å²) < 4.78 is 5.86. The predicted molar refractivity (Wildman–Crippen MR) is 105 cm³/mol. The summed E-state index contributed by atoms with van der Waals surface area (Å²) in [4.78, 5) is 12.8. The molecule has 0 saturated carbocycles. The molecule has 1 aliphatic rings. The van der Waals surface area contributed by atoms with Gasteiger partial charge in [-0.25, -0.2) is 9.98 Å². The van der Waals surface area contributed by atoms with E-state index in [9.17, 15) is 0 Å². The first-order valence-electron chi connectivity index (χ1n) is 9.14. The number of thiazole rings is 1. The number of nitrogens with zero attached hydrogens (tertiary/aromatic N) is 3. The van der Waals surface area contributed by atoms with Crippen LogP contribution in [0.15, 0.2) is 11.2 Å². The van der Waals surface area contributed by atoms with Crippen LogP contribution in [0.4, 0.5) is 0 Å². The van der Waals surface area contributed by atoms with Crippen molar-refractivity contribution in [1.82, 2.24) is 20.5 Å². The lowest BCUT2D eigenvalue weighted by molar-refractivity contribution is -0.0946. The van der Waals surface area contributed by atoms with Crippen LogP contribution in [0.1, 0.15) is 44.5 Å². The number of guanidine groups is 1. The monoisotopic (exact) mass is 367 g/mol. The quantitative estimate of drug-likeness (QED) is 0.597. The zero-order valence-corrected chi connectivity index (χ0v) is 17.2. The second-order valence-corrected chi connectivity index (χ2v) is 8.71. The lowest BCUT2D eigenvalue weighted by Gasteiger charge is -2.45. The second-order valence-electron chi connectivity index (χ2n) is 7.39. The Bertz CT molecular complexity index is 562. The van der Waals surface area contributed by atoms with Gasteiger partial charge >= 0.3 is 0 Å². The Morgan fingerprint density at radius 1 is 1.36 bits per heavy atom. The lowest BCUT2D eigenvalue weighted by Crippen LogP contribution is -2.59. The Morgan fingerprint density at radius 3 is 2.60 bits per heavy atom. The predicted octanol–water partition coefficient (Wildman–Crippen LogP) is 2.39. The standard InChI is InChI=1S/C18H33N5OS/c1-7-19-17(21-9-16-20-8-15(4)25-16)22-12-18(5,6)23-10-13(2)24-14(3)11-23/h8,13-14H,7,9-12H2,1-6H3,(H2,19,21,22). The van der Waals surface area contributed by atoms with Gasteiger partial charge in [0.05, 0.1) is 18.8 Å². The van der Waals surface area contributed by atoms with Gasteiger partial charge in [0.15, 0.2) is 5.96 Å². The summed E-state index contributed by atoms with van der Waals surface area (Å²) in [6.07, 6.45) is 2.45. The minimum Gasteiger partial charge on any atom is -0.373 e. The Kier molecular flexibility index (Phi) is 7.22. The minimum atomic E-state index is 0.0280. The van der Waals surface area contributed by atoms with Gasteiger partial charge < -0.3 is 15.4 Å². The number of hydrogen-bond acceptors (Lipinski definition) is 5. The Morgan fingerprint density at radius 2 is 2.04 bits per heavy atom. The van der Waals surface area contributed by atoms with Crippen LogP contribution in [0, 0.1) is 6.92 Å². The smallest absolute Gasteiger partial charge is 0.191 e. The molecule has 0 aromatic carbocycles. The fraction of sp³-hybridized carbons (Fsp3) is 0.778. The van der Waals surface area contributed by atoms with E-state index in [1.165, 1.54) is 4.88 Å². The van der Waals surface area contributed by atoms with E-state index in [4.69, 9.17) is 4.74 Å². The molecule has 0 aliphatic carbocycles. The van der Waals surface area contributed by atoms with Crippen LogP contribution in [-0.2, 0) is 11.3 Å². The van der Waals surface area contributed by atoms with Crippen molar-refractivity contribution in [3.05, 3.63) is 16.1 Å². The Hall–Kier alpha value is -1.18. The summed E-state index contributed by atoms with van der Waals surface area (Å²) in [6.45, 7) is 17.2. The molecule has 1 saturated heterocycles. The van der Waals surface area contributed by atoms with Gasteiger partial charge in [-0.3, -0.25) is 4.90 Å².